The molecular formula is C23H25N3O2. The highest BCUT2D eigenvalue weighted by atomic mass is 16.2. The fourth-order valence-corrected chi connectivity index (χ4v) is 3.01. The second-order valence-electron chi connectivity index (χ2n) is 7.27. The average Bonchev–Trinajstić information content (AvgIpc) is 2.70. The van der Waals surface area contributed by atoms with Gasteiger partial charge in [0.05, 0.1) is 0 Å². The van der Waals surface area contributed by atoms with Gasteiger partial charge in [-0.3, -0.25) is 9.59 Å². The van der Waals surface area contributed by atoms with Gasteiger partial charge in [0.1, 0.15) is 5.69 Å². The van der Waals surface area contributed by atoms with Crippen molar-refractivity contribution in [3.63, 3.8) is 0 Å². The molecule has 5 heteroatoms. The van der Waals surface area contributed by atoms with E-state index in [4.69, 9.17) is 0 Å². The molecule has 0 unspecified atom stereocenters. The molecule has 1 aromatic heterocycles. The lowest BCUT2D eigenvalue weighted by Crippen LogP contribution is -2.33. The number of benzene rings is 2. The van der Waals surface area contributed by atoms with E-state index < -0.39 is 0 Å². The van der Waals surface area contributed by atoms with Crippen molar-refractivity contribution in [3.8, 4) is 0 Å². The van der Waals surface area contributed by atoms with E-state index in [1.54, 1.807) is 4.90 Å². The molecule has 1 heterocycles. The van der Waals surface area contributed by atoms with Gasteiger partial charge in [0.15, 0.2) is 0 Å². The van der Waals surface area contributed by atoms with Crippen molar-refractivity contribution in [3.05, 3.63) is 100.0 Å². The Morgan fingerprint density at radius 1 is 0.893 bits per heavy atom. The van der Waals surface area contributed by atoms with Crippen LogP contribution in [0.2, 0.25) is 0 Å². The molecule has 0 aliphatic heterocycles. The number of carbonyl (C=O) groups is 1. The van der Waals surface area contributed by atoms with E-state index in [2.05, 4.69) is 5.10 Å². The normalized spacial score (nSPS) is 10.8. The Bertz CT molecular complexity index is 924. The largest absolute Gasteiger partial charge is 0.329 e. The number of nitrogens with zero attached hydrogens (tertiary/aromatic N) is 3. The molecule has 0 atom stereocenters. The lowest BCUT2D eigenvalue weighted by atomic mass is 10.1. The number of carbonyl (C=O) groups excluding carboxylic acids is 1. The summed E-state index contributed by atoms with van der Waals surface area (Å²) in [4.78, 5) is 27.1. The first-order chi connectivity index (χ1) is 13.5. The summed E-state index contributed by atoms with van der Waals surface area (Å²) in [5.74, 6) is 0.0745. The Morgan fingerprint density at radius 2 is 1.43 bits per heavy atom. The predicted octanol–water partition coefficient (Wildman–Crippen LogP) is 3.74. The van der Waals surface area contributed by atoms with Crippen molar-refractivity contribution in [1.29, 1.82) is 0 Å². The highest BCUT2D eigenvalue weighted by Crippen LogP contribution is 2.13. The molecule has 144 valence electrons. The molecule has 2 aromatic carbocycles. The van der Waals surface area contributed by atoms with E-state index >= 15 is 0 Å². The number of aromatic nitrogens is 2. The van der Waals surface area contributed by atoms with Crippen molar-refractivity contribution in [2.45, 2.75) is 33.5 Å². The highest BCUT2D eigenvalue weighted by molar-refractivity contribution is 5.92. The van der Waals surface area contributed by atoms with Crippen molar-refractivity contribution < 1.29 is 4.79 Å². The van der Waals surface area contributed by atoms with Crippen LogP contribution in [0.25, 0.3) is 0 Å². The summed E-state index contributed by atoms with van der Waals surface area (Å²) in [6.07, 6.45) is 0. The van der Waals surface area contributed by atoms with Gasteiger partial charge in [-0.2, -0.15) is 5.10 Å². The van der Waals surface area contributed by atoms with Crippen LogP contribution >= 0.6 is 0 Å². The van der Waals surface area contributed by atoms with Gasteiger partial charge in [-0.25, -0.2) is 4.68 Å². The van der Waals surface area contributed by atoms with E-state index in [9.17, 15) is 9.59 Å². The lowest BCUT2D eigenvalue weighted by Gasteiger charge is -2.23. The molecule has 0 aliphatic rings. The van der Waals surface area contributed by atoms with Crippen LogP contribution in [0.3, 0.4) is 0 Å². The van der Waals surface area contributed by atoms with E-state index in [1.807, 2.05) is 74.5 Å². The van der Waals surface area contributed by atoms with Crippen LogP contribution in [-0.4, -0.2) is 20.6 Å². The third kappa shape index (κ3) is 5.16. The molecule has 5 nitrogen and oxygen atoms in total. The van der Waals surface area contributed by atoms with Crippen molar-refractivity contribution in [1.82, 2.24) is 14.7 Å². The molecule has 0 aliphatic carbocycles. The second kappa shape index (κ2) is 9.13. The van der Waals surface area contributed by atoms with Crippen LogP contribution in [-0.2, 0) is 19.6 Å². The first-order valence-corrected chi connectivity index (χ1v) is 9.48. The van der Waals surface area contributed by atoms with Crippen LogP contribution in [0.4, 0.5) is 0 Å². The molecule has 0 bridgehead atoms. The molecule has 1 amide bonds. The number of amides is 1. The van der Waals surface area contributed by atoms with Crippen LogP contribution in [0, 0.1) is 5.92 Å². The van der Waals surface area contributed by atoms with Gasteiger partial charge in [-0.15, -0.1) is 0 Å². The maximum absolute atomic E-state index is 13.3. The summed E-state index contributed by atoms with van der Waals surface area (Å²) in [6, 6.07) is 22.7. The third-order valence-electron chi connectivity index (χ3n) is 4.34. The van der Waals surface area contributed by atoms with Gasteiger partial charge in [-0.05, 0) is 23.1 Å². The fourth-order valence-electron chi connectivity index (χ4n) is 3.01. The average molecular weight is 375 g/mol. The predicted molar refractivity (Wildman–Crippen MR) is 110 cm³/mol. The summed E-state index contributed by atoms with van der Waals surface area (Å²) in [5, 5.41) is 4.33. The maximum Gasteiger partial charge on any atom is 0.274 e. The lowest BCUT2D eigenvalue weighted by molar-refractivity contribution is 0.0720. The second-order valence-corrected chi connectivity index (χ2v) is 7.27. The maximum atomic E-state index is 13.3. The van der Waals surface area contributed by atoms with Crippen LogP contribution in [0.1, 0.15) is 35.5 Å². The van der Waals surface area contributed by atoms with Gasteiger partial charge < -0.3 is 4.90 Å². The van der Waals surface area contributed by atoms with Crippen molar-refractivity contribution >= 4 is 5.91 Å². The van der Waals surface area contributed by atoms with E-state index in [-0.39, 0.29) is 23.1 Å². The monoisotopic (exact) mass is 375 g/mol. The first-order valence-electron chi connectivity index (χ1n) is 9.48. The molecule has 0 spiro atoms. The third-order valence-corrected chi connectivity index (χ3v) is 4.34. The minimum atomic E-state index is -0.192. The summed E-state index contributed by atoms with van der Waals surface area (Å²) in [5.41, 5.74) is 2.18. The van der Waals surface area contributed by atoms with Crippen molar-refractivity contribution in [2.75, 3.05) is 0 Å². The minimum Gasteiger partial charge on any atom is -0.329 e. The van der Waals surface area contributed by atoms with E-state index in [0.29, 0.717) is 19.6 Å². The van der Waals surface area contributed by atoms with Gasteiger partial charge in [-0.1, -0.05) is 74.5 Å². The molecule has 3 rings (SSSR count). The van der Waals surface area contributed by atoms with Gasteiger partial charge >= 0.3 is 0 Å². The number of rotatable bonds is 7. The molecule has 28 heavy (non-hydrogen) atoms. The molecule has 0 saturated heterocycles. The highest BCUT2D eigenvalue weighted by Gasteiger charge is 2.19. The smallest absolute Gasteiger partial charge is 0.274 e. The minimum absolute atomic E-state index is 0.190. The SMILES string of the molecule is CC(C)Cn1nc(C(=O)N(Cc2ccccc2)Cc2ccccc2)ccc1=O. The number of hydrogen-bond acceptors (Lipinski definition) is 3. The summed E-state index contributed by atoms with van der Waals surface area (Å²) >= 11 is 0. The Labute approximate surface area is 165 Å². The van der Waals surface area contributed by atoms with E-state index in [0.717, 1.165) is 11.1 Å². The van der Waals surface area contributed by atoms with Gasteiger partial charge in [0.25, 0.3) is 11.5 Å². The zero-order chi connectivity index (χ0) is 19.9. The zero-order valence-corrected chi connectivity index (χ0v) is 16.3. The Hall–Kier alpha value is -3.21. The summed E-state index contributed by atoms with van der Waals surface area (Å²) < 4.78 is 1.38. The standard InChI is InChI=1S/C23H25N3O2/c1-18(2)15-26-22(27)14-13-21(24-26)23(28)25(16-19-9-5-3-6-10-19)17-20-11-7-4-8-12-20/h3-14,18H,15-17H2,1-2H3. The Morgan fingerprint density at radius 3 is 1.93 bits per heavy atom. The molecular weight excluding hydrogens is 350 g/mol. The Kier molecular flexibility index (Phi) is 6.37. The molecule has 3 aromatic rings. The zero-order valence-electron chi connectivity index (χ0n) is 16.3. The van der Waals surface area contributed by atoms with Crippen LogP contribution in [0.5, 0.6) is 0 Å². The molecule has 0 N–H and O–H groups in total. The van der Waals surface area contributed by atoms with Gasteiger partial charge in [0.2, 0.25) is 0 Å². The van der Waals surface area contributed by atoms with Crippen LogP contribution < -0.4 is 5.56 Å². The summed E-state index contributed by atoms with van der Waals surface area (Å²) in [7, 11) is 0. The molecule has 0 fully saturated rings. The Balaban J connectivity index is 1.90. The topological polar surface area (TPSA) is 55.2 Å². The number of hydrogen-bond donors (Lipinski definition) is 0. The quantitative estimate of drug-likeness (QED) is 0.632. The summed E-state index contributed by atoms with van der Waals surface area (Å²) in [6.45, 7) is 5.45. The fraction of sp³-hybridized carbons (Fsp3) is 0.261. The first kappa shape index (κ1) is 19.5. The molecule has 0 radical (unpaired) electrons. The van der Waals surface area contributed by atoms with E-state index in [1.165, 1.54) is 16.8 Å². The van der Waals surface area contributed by atoms with Gasteiger partial charge in [0, 0.05) is 25.7 Å². The van der Waals surface area contributed by atoms with Crippen molar-refractivity contribution in [2.24, 2.45) is 5.92 Å². The molecule has 0 saturated carbocycles. The van der Waals surface area contributed by atoms with Crippen LogP contribution in [0.15, 0.2) is 77.6 Å².